The molecule has 0 aliphatic carbocycles. The molecule has 0 saturated heterocycles. The van der Waals surface area contributed by atoms with Crippen LogP contribution in [0.1, 0.15) is 18.4 Å². The van der Waals surface area contributed by atoms with E-state index in [1.807, 2.05) is 12.3 Å². The first-order valence-electron chi connectivity index (χ1n) is 9.04. The highest BCUT2D eigenvalue weighted by molar-refractivity contribution is 6.15. The van der Waals surface area contributed by atoms with Gasteiger partial charge in [0.05, 0.1) is 12.6 Å². The average molecular weight is 348 g/mol. The third kappa shape index (κ3) is 2.74. The van der Waals surface area contributed by atoms with E-state index in [2.05, 4.69) is 46.5 Å². The molecule has 4 aromatic rings. The fraction of sp³-hybridized carbons (Fsp3) is 0.286. The quantitative estimate of drug-likeness (QED) is 0.453. The Morgan fingerprint density at radius 3 is 2.77 bits per heavy atom. The summed E-state index contributed by atoms with van der Waals surface area (Å²) in [5, 5.41) is 8.20. The van der Waals surface area contributed by atoms with Gasteiger partial charge in [0.15, 0.2) is 0 Å². The van der Waals surface area contributed by atoms with Crippen molar-refractivity contribution in [1.29, 1.82) is 0 Å². The highest BCUT2D eigenvalue weighted by Gasteiger charge is 2.13. The van der Waals surface area contributed by atoms with Crippen molar-refractivity contribution in [2.75, 3.05) is 25.5 Å². The zero-order valence-electron chi connectivity index (χ0n) is 15.2. The monoisotopic (exact) mass is 348 g/mol. The van der Waals surface area contributed by atoms with E-state index >= 15 is 0 Å². The van der Waals surface area contributed by atoms with Gasteiger partial charge in [-0.1, -0.05) is 0 Å². The van der Waals surface area contributed by atoms with E-state index in [1.54, 1.807) is 7.11 Å². The summed E-state index contributed by atoms with van der Waals surface area (Å²) in [5.74, 6) is 1.80. The van der Waals surface area contributed by atoms with Crippen LogP contribution in [0.4, 0.5) is 5.82 Å². The fourth-order valence-electron chi connectivity index (χ4n) is 3.61. The number of pyridine rings is 1. The second kappa shape index (κ2) is 6.84. The SMILES string of the molecule is COc1ccc2[nH]c3c(C)c4ccnc(NCCCCN)c4cc3c2c1. The molecule has 134 valence electrons. The Labute approximate surface area is 152 Å². The number of H-pyrrole nitrogens is 1. The number of unbranched alkanes of at least 4 members (excludes halogenated alkanes) is 1. The van der Waals surface area contributed by atoms with Gasteiger partial charge in [-0.2, -0.15) is 0 Å². The summed E-state index contributed by atoms with van der Waals surface area (Å²) in [7, 11) is 1.70. The maximum absolute atomic E-state index is 5.59. The van der Waals surface area contributed by atoms with E-state index in [0.717, 1.165) is 48.4 Å². The van der Waals surface area contributed by atoms with Gasteiger partial charge in [0.25, 0.3) is 0 Å². The molecular formula is C21H24N4O. The Balaban J connectivity index is 1.90. The molecule has 0 radical (unpaired) electrons. The lowest BCUT2D eigenvalue weighted by Crippen LogP contribution is -2.07. The molecule has 2 aromatic heterocycles. The summed E-state index contributed by atoms with van der Waals surface area (Å²) < 4.78 is 5.41. The van der Waals surface area contributed by atoms with Gasteiger partial charge in [0.1, 0.15) is 11.6 Å². The van der Waals surface area contributed by atoms with Crippen molar-refractivity contribution in [3.05, 3.63) is 42.1 Å². The van der Waals surface area contributed by atoms with Crippen LogP contribution in [0.25, 0.3) is 32.6 Å². The molecule has 5 heteroatoms. The van der Waals surface area contributed by atoms with E-state index in [-0.39, 0.29) is 0 Å². The largest absolute Gasteiger partial charge is 0.497 e. The number of ether oxygens (including phenoxy) is 1. The Morgan fingerprint density at radius 2 is 1.96 bits per heavy atom. The number of hydrogen-bond acceptors (Lipinski definition) is 4. The molecule has 4 rings (SSSR count). The molecule has 5 nitrogen and oxygen atoms in total. The van der Waals surface area contributed by atoms with E-state index < -0.39 is 0 Å². The van der Waals surface area contributed by atoms with Crippen molar-refractivity contribution in [1.82, 2.24) is 9.97 Å². The molecular weight excluding hydrogens is 324 g/mol. The van der Waals surface area contributed by atoms with Crippen molar-refractivity contribution >= 4 is 38.4 Å². The number of fused-ring (bicyclic) bond motifs is 4. The second-order valence-corrected chi connectivity index (χ2v) is 6.64. The molecule has 4 N–H and O–H groups in total. The summed E-state index contributed by atoms with van der Waals surface area (Å²) in [6.07, 6.45) is 3.93. The van der Waals surface area contributed by atoms with Crippen LogP contribution in [0.2, 0.25) is 0 Å². The molecule has 26 heavy (non-hydrogen) atoms. The Bertz CT molecular complexity index is 1080. The number of nitrogens with zero attached hydrogens (tertiary/aromatic N) is 1. The van der Waals surface area contributed by atoms with Gasteiger partial charge in [0.2, 0.25) is 0 Å². The smallest absolute Gasteiger partial charge is 0.133 e. The molecule has 0 bridgehead atoms. The number of rotatable bonds is 6. The zero-order chi connectivity index (χ0) is 18.1. The Hall–Kier alpha value is -2.79. The van der Waals surface area contributed by atoms with Gasteiger partial charge < -0.3 is 20.8 Å². The number of hydrogen-bond donors (Lipinski definition) is 3. The molecule has 0 spiro atoms. The summed E-state index contributed by atoms with van der Waals surface area (Å²) in [4.78, 5) is 8.13. The normalized spacial score (nSPS) is 11.5. The van der Waals surface area contributed by atoms with Crippen LogP contribution < -0.4 is 15.8 Å². The maximum Gasteiger partial charge on any atom is 0.133 e. The number of methoxy groups -OCH3 is 1. The lowest BCUT2D eigenvalue weighted by Gasteiger charge is -2.11. The van der Waals surface area contributed by atoms with E-state index in [4.69, 9.17) is 10.5 Å². The second-order valence-electron chi connectivity index (χ2n) is 6.64. The van der Waals surface area contributed by atoms with Gasteiger partial charge in [-0.15, -0.1) is 0 Å². The van der Waals surface area contributed by atoms with Crippen LogP contribution >= 0.6 is 0 Å². The topological polar surface area (TPSA) is 76.0 Å². The predicted octanol–water partition coefficient (Wildman–Crippen LogP) is 4.34. The van der Waals surface area contributed by atoms with Crippen LogP contribution in [0, 0.1) is 6.92 Å². The molecule has 0 fully saturated rings. The predicted molar refractivity (Wildman–Crippen MR) is 109 cm³/mol. The molecule has 0 aliphatic heterocycles. The Kier molecular flexibility index (Phi) is 4.39. The van der Waals surface area contributed by atoms with Crippen molar-refractivity contribution in [2.24, 2.45) is 5.73 Å². The molecule has 0 atom stereocenters. The minimum Gasteiger partial charge on any atom is -0.497 e. The highest BCUT2D eigenvalue weighted by atomic mass is 16.5. The van der Waals surface area contributed by atoms with Crippen LogP contribution in [0.5, 0.6) is 5.75 Å². The van der Waals surface area contributed by atoms with Gasteiger partial charge in [0, 0.05) is 34.4 Å². The standard InChI is InChI=1S/C21H24N4O/c1-13-15-7-10-24-21(23-9-4-3-8-22)18(15)12-17-16-11-14(26-2)5-6-19(16)25-20(13)17/h5-7,10-12,25H,3-4,8-9,22H2,1-2H3,(H,23,24). The number of benzene rings is 2. The number of aromatic amines is 1. The van der Waals surface area contributed by atoms with Crippen LogP contribution in [-0.4, -0.2) is 30.2 Å². The minimum absolute atomic E-state index is 0.724. The first-order chi connectivity index (χ1) is 12.7. The molecule has 0 amide bonds. The third-order valence-electron chi connectivity index (χ3n) is 5.03. The van der Waals surface area contributed by atoms with E-state index in [9.17, 15) is 0 Å². The lowest BCUT2D eigenvalue weighted by atomic mass is 10.0. The fourth-order valence-corrected chi connectivity index (χ4v) is 3.61. The molecule has 2 aromatic carbocycles. The van der Waals surface area contributed by atoms with Gasteiger partial charge in [-0.3, -0.25) is 0 Å². The van der Waals surface area contributed by atoms with Crippen molar-refractivity contribution in [3.8, 4) is 5.75 Å². The van der Waals surface area contributed by atoms with Crippen molar-refractivity contribution < 1.29 is 4.74 Å². The number of nitrogens with one attached hydrogen (secondary N) is 2. The number of aryl methyl sites for hydroxylation is 1. The minimum atomic E-state index is 0.724. The van der Waals surface area contributed by atoms with E-state index in [1.165, 1.54) is 27.2 Å². The zero-order valence-corrected chi connectivity index (χ0v) is 15.2. The van der Waals surface area contributed by atoms with Crippen molar-refractivity contribution in [2.45, 2.75) is 19.8 Å². The third-order valence-corrected chi connectivity index (χ3v) is 5.03. The van der Waals surface area contributed by atoms with E-state index in [0.29, 0.717) is 0 Å². The number of nitrogens with two attached hydrogens (primary N) is 1. The molecule has 0 aliphatic rings. The van der Waals surface area contributed by atoms with Gasteiger partial charge >= 0.3 is 0 Å². The van der Waals surface area contributed by atoms with Crippen LogP contribution in [0.15, 0.2) is 36.5 Å². The Morgan fingerprint density at radius 1 is 1.08 bits per heavy atom. The first-order valence-corrected chi connectivity index (χ1v) is 9.04. The summed E-state index contributed by atoms with van der Waals surface area (Å²) in [5.41, 5.74) is 9.11. The van der Waals surface area contributed by atoms with Crippen LogP contribution in [-0.2, 0) is 0 Å². The van der Waals surface area contributed by atoms with Gasteiger partial charge in [-0.25, -0.2) is 4.98 Å². The summed E-state index contributed by atoms with van der Waals surface area (Å²) >= 11 is 0. The maximum atomic E-state index is 5.59. The summed E-state index contributed by atoms with van der Waals surface area (Å²) in [6.45, 7) is 3.76. The molecule has 0 saturated carbocycles. The van der Waals surface area contributed by atoms with Crippen LogP contribution in [0.3, 0.4) is 0 Å². The number of anilines is 1. The molecule has 2 heterocycles. The average Bonchev–Trinajstić information content (AvgIpc) is 3.04. The highest BCUT2D eigenvalue weighted by Crippen LogP contribution is 2.36. The lowest BCUT2D eigenvalue weighted by molar-refractivity contribution is 0.415. The number of aromatic nitrogens is 2. The van der Waals surface area contributed by atoms with Crippen molar-refractivity contribution in [3.63, 3.8) is 0 Å². The molecule has 0 unspecified atom stereocenters. The van der Waals surface area contributed by atoms with Gasteiger partial charge in [-0.05, 0) is 67.6 Å². The summed E-state index contributed by atoms with van der Waals surface area (Å²) in [6, 6.07) is 10.5. The first kappa shape index (κ1) is 16.7.